The number of aromatic nitrogens is 5. The Balaban J connectivity index is 2.36. The van der Waals surface area contributed by atoms with Gasteiger partial charge in [0.25, 0.3) is 6.43 Å². The van der Waals surface area contributed by atoms with Gasteiger partial charge in [-0.05, 0) is 22.6 Å². The van der Waals surface area contributed by atoms with Crippen molar-refractivity contribution < 1.29 is 18.6 Å². The summed E-state index contributed by atoms with van der Waals surface area (Å²) in [6, 6.07) is 1.86. The lowest BCUT2D eigenvalue weighted by Gasteiger charge is -2.21. The molecule has 9 heteroatoms. The van der Waals surface area contributed by atoms with Crippen LogP contribution < -0.4 is 4.74 Å². The first kappa shape index (κ1) is 13.3. The van der Waals surface area contributed by atoms with Crippen molar-refractivity contribution in [3.8, 4) is 5.75 Å². The van der Waals surface area contributed by atoms with Gasteiger partial charge >= 0.3 is 0 Å². The van der Waals surface area contributed by atoms with Gasteiger partial charge in [-0.2, -0.15) is 0 Å². The smallest absolute Gasteiger partial charge is 0.266 e. The van der Waals surface area contributed by atoms with Gasteiger partial charge in [0.15, 0.2) is 0 Å². The molecule has 1 N–H and O–H groups in total. The van der Waals surface area contributed by atoms with Crippen LogP contribution in [0.2, 0.25) is 0 Å². The van der Waals surface area contributed by atoms with Crippen molar-refractivity contribution in [3.05, 3.63) is 30.4 Å². The molecule has 19 heavy (non-hydrogen) atoms. The van der Waals surface area contributed by atoms with Crippen molar-refractivity contribution in [2.24, 2.45) is 0 Å². The van der Waals surface area contributed by atoms with Gasteiger partial charge in [-0.1, -0.05) is 0 Å². The lowest BCUT2D eigenvalue weighted by molar-refractivity contribution is -0.0292. The molecule has 2 heterocycles. The molecule has 2 atom stereocenters. The van der Waals surface area contributed by atoms with Gasteiger partial charge in [-0.3, -0.25) is 4.98 Å². The number of halogens is 2. The Kier molecular flexibility index (Phi) is 3.95. The Morgan fingerprint density at radius 1 is 1.37 bits per heavy atom. The fourth-order valence-electron chi connectivity index (χ4n) is 1.59. The van der Waals surface area contributed by atoms with Crippen LogP contribution in [0.25, 0.3) is 0 Å². The van der Waals surface area contributed by atoms with E-state index in [9.17, 15) is 13.9 Å². The summed E-state index contributed by atoms with van der Waals surface area (Å²) < 4.78 is 31.4. The van der Waals surface area contributed by atoms with Crippen LogP contribution in [0.3, 0.4) is 0 Å². The highest BCUT2D eigenvalue weighted by Gasteiger charge is 2.32. The Hall–Kier alpha value is -2.16. The number of alkyl halides is 2. The molecular weight excluding hydrogens is 260 g/mol. The molecule has 0 saturated heterocycles. The van der Waals surface area contributed by atoms with Crippen LogP contribution in [0.4, 0.5) is 8.78 Å². The zero-order valence-corrected chi connectivity index (χ0v) is 9.89. The minimum absolute atomic E-state index is 0.209. The van der Waals surface area contributed by atoms with Crippen molar-refractivity contribution in [3.63, 3.8) is 0 Å². The minimum atomic E-state index is -2.95. The number of aliphatic hydroxyl groups excluding tert-OH is 1. The predicted molar refractivity (Wildman–Crippen MR) is 58.8 cm³/mol. The standard InChI is InChI=1S/C10H11F2N5O2/c1-19-6-2-3-7(13-4-6)8(9(18)10(11)12)17-5-14-15-16-17/h2-5,8-10,18H,1H3. The molecular formula is C10H11F2N5O2. The van der Waals surface area contributed by atoms with Gasteiger partial charge in [-0.15, -0.1) is 5.10 Å². The Labute approximate surface area is 106 Å². The summed E-state index contributed by atoms with van der Waals surface area (Å²) in [5.74, 6) is 0.478. The third-order valence-corrected chi connectivity index (χ3v) is 2.53. The second kappa shape index (κ2) is 5.65. The van der Waals surface area contributed by atoms with E-state index in [1.54, 1.807) is 6.07 Å². The van der Waals surface area contributed by atoms with Crippen LogP contribution in [0.1, 0.15) is 11.7 Å². The maximum Gasteiger partial charge on any atom is 0.266 e. The molecule has 2 aromatic rings. The summed E-state index contributed by atoms with van der Waals surface area (Å²) in [6.45, 7) is 0. The van der Waals surface area contributed by atoms with E-state index < -0.39 is 18.6 Å². The first-order valence-electron chi connectivity index (χ1n) is 5.32. The highest BCUT2D eigenvalue weighted by atomic mass is 19.3. The van der Waals surface area contributed by atoms with Crippen LogP contribution in [-0.4, -0.2) is 49.9 Å². The van der Waals surface area contributed by atoms with E-state index in [4.69, 9.17) is 4.74 Å². The molecule has 2 aromatic heterocycles. The van der Waals surface area contributed by atoms with Crippen molar-refractivity contribution >= 4 is 0 Å². The summed E-state index contributed by atoms with van der Waals surface area (Å²) in [7, 11) is 1.46. The van der Waals surface area contributed by atoms with Crippen molar-refractivity contribution in [2.45, 2.75) is 18.6 Å². The lowest BCUT2D eigenvalue weighted by Crippen LogP contribution is -2.32. The maximum absolute atomic E-state index is 12.7. The Morgan fingerprint density at radius 2 is 2.16 bits per heavy atom. The Morgan fingerprint density at radius 3 is 2.63 bits per heavy atom. The molecule has 0 radical (unpaired) electrons. The van der Waals surface area contributed by atoms with E-state index in [-0.39, 0.29) is 5.69 Å². The van der Waals surface area contributed by atoms with Crippen LogP contribution >= 0.6 is 0 Å². The Bertz CT molecular complexity index is 505. The lowest BCUT2D eigenvalue weighted by atomic mass is 10.1. The molecule has 0 amide bonds. The van der Waals surface area contributed by atoms with E-state index in [0.717, 1.165) is 11.0 Å². The highest BCUT2D eigenvalue weighted by Crippen LogP contribution is 2.24. The summed E-state index contributed by atoms with van der Waals surface area (Å²) in [5.41, 5.74) is 0.209. The number of methoxy groups -OCH3 is 1. The summed E-state index contributed by atoms with van der Waals surface area (Å²) in [4.78, 5) is 3.97. The van der Waals surface area contributed by atoms with Crippen LogP contribution in [0.5, 0.6) is 5.75 Å². The summed E-state index contributed by atoms with van der Waals surface area (Å²) in [5, 5.41) is 19.9. The van der Waals surface area contributed by atoms with Crippen molar-refractivity contribution in [2.75, 3.05) is 7.11 Å². The molecule has 2 unspecified atom stereocenters. The van der Waals surface area contributed by atoms with Crippen molar-refractivity contribution in [1.82, 2.24) is 25.2 Å². The number of hydrogen-bond donors (Lipinski definition) is 1. The molecule has 7 nitrogen and oxygen atoms in total. The number of pyridine rings is 1. The highest BCUT2D eigenvalue weighted by molar-refractivity contribution is 5.22. The van der Waals surface area contributed by atoms with E-state index in [2.05, 4.69) is 20.5 Å². The molecule has 102 valence electrons. The van der Waals surface area contributed by atoms with Gasteiger partial charge in [0, 0.05) is 0 Å². The molecule has 0 bridgehead atoms. The fourth-order valence-corrected chi connectivity index (χ4v) is 1.59. The van der Waals surface area contributed by atoms with Crippen molar-refractivity contribution in [1.29, 1.82) is 0 Å². The zero-order valence-electron chi connectivity index (χ0n) is 9.89. The SMILES string of the molecule is COc1ccc(C(C(O)C(F)F)n2cnnn2)nc1. The second-order valence-electron chi connectivity index (χ2n) is 3.68. The third-order valence-electron chi connectivity index (χ3n) is 2.53. The van der Waals surface area contributed by atoms with Gasteiger partial charge in [-0.25, -0.2) is 13.5 Å². The average Bonchev–Trinajstić information content (AvgIpc) is 2.93. The minimum Gasteiger partial charge on any atom is -0.495 e. The molecule has 2 rings (SSSR count). The number of tetrazole rings is 1. The van der Waals surface area contributed by atoms with E-state index in [0.29, 0.717) is 5.75 Å². The fraction of sp³-hybridized carbons (Fsp3) is 0.400. The van der Waals surface area contributed by atoms with E-state index in [1.807, 2.05) is 0 Å². The molecule has 0 spiro atoms. The number of nitrogens with zero attached hydrogens (tertiary/aromatic N) is 5. The number of aliphatic hydroxyl groups is 1. The predicted octanol–water partition coefficient (Wildman–Crippen LogP) is 0.292. The first-order valence-corrected chi connectivity index (χ1v) is 5.32. The average molecular weight is 271 g/mol. The molecule has 0 aromatic carbocycles. The second-order valence-corrected chi connectivity index (χ2v) is 3.68. The zero-order chi connectivity index (χ0) is 13.8. The molecule has 0 fully saturated rings. The van der Waals surface area contributed by atoms with E-state index >= 15 is 0 Å². The monoisotopic (exact) mass is 271 g/mol. The van der Waals surface area contributed by atoms with Gasteiger partial charge in [0.2, 0.25) is 0 Å². The number of hydrogen-bond acceptors (Lipinski definition) is 6. The number of ether oxygens (including phenoxy) is 1. The molecule has 0 saturated carbocycles. The number of rotatable bonds is 5. The summed E-state index contributed by atoms with van der Waals surface area (Å²) >= 11 is 0. The molecule has 0 aliphatic carbocycles. The molecule has 0 aliphatic rings. The largest absolute Gasteiger partial charge is 0.495 e. The third kappa shape index (κ3) is 2.81. The van der Waals surface area contributed by atoms with E-state index in [1.165, 1.54) is 19.4 Å². The van der Waals surface area contributed by atoms with Gasteiger partial charge in [0.1, 0.15) is 24.2 Å². The van der Waals surface area contributed by atoms with Gasteiger partial charge in [0.05, 0.1) is 19.0 Å². The quantitative estimate of drug-likeness (QED) is 0.841. The van der Waals surface area contributed by atoms with Crippen LogP contribution in [-0.2, 0) is 0 Å². The topological polar surface area (TPSA) is 86.0 Å². The maximum atomic E-state index is 12.7. The summed E-state index contributed by atoms with van der Waals surface area (Å²) in [6.07, 6.45) is -2.41. The van der Waals surface area contributed by atoms with Gasteiger partial charge < -0.3 is 9.84 Å². The molecule has 0 aliphatic heterocycles. The van der Waals surface area contributed by atoms with Crippen LogP contribution in [0, 0.1) is 0 Å². The van der Waals surface area contributed by atoms with Crippen LogP contribution in [0.15, 0.2) is 24.7 Å². The normalized spacial score (nSPS) is 14.4. The first-order chi connectivity index (χ1) is 9.13.